The summed E-state index contributed by atoms with van der Waals surface area (Å²) in [5.74, 6) is 0.943. The van der Waals surface area contributed by atoms with Gasteiger partial charge in [0.2, 0.25) is 0 Å². The summed E-state index contributed by atoms with van der Waals surface area (Å²) in [4.78, 5) is 0. The molecule has 0 saturated carbocycles. The quantitative estimate of drug-likeness (QED) is 0.808. The van der Waals surface area contributed by atoms with Crippen LogP contribution in [-0.2, 0) is 4.74 Å². The van der Waals surface area contributed by atoms with E-state index in [0.29, 0.717) is 6.04 Å². The third-order valence-electron chi connectivity index (χ3n) is 2.96. The van der Waals surface area contributed by atoms with E-state index in [1.165, 1.54) is 11.1 Å². The number of methoxy groups -OCH3 is 1. The van der Waals surface area contributed by atoms with E-state index >= 15 is 0 Å². The molecule has 102 valence electrons. The van der Waals surface area contributed by atoms with Crippen molar-refractivity contribution in [2.45, 2.75) is 39.8 Å². The number of nitrogens with one attached hydrogen (secondary N) is 1. The van der Waals surface area contributed by atoms with Crippen LogP contribution >= 0.6 is 0 Å². The molecule has 0 aliphatic heterocycles. The van der Waals surface area contributed by atoms with Crippen molar-refractivity contribution in [3.8, 4) is 5.75 Å². The van der Waals surface area contributed by atoms with Crippen molar-refractivity contribution in [1.82, 2.24) is 5.32 Å². The molecule has 0 radical (unpaired) electrons. The molecule has 3 nitrogen and oxygen atoms in total. The molecule has 18 heavy (non-hydrogen) atoms. The fourth-order valence-electron chi connectivity index (χ4n) is 2.04. The van der Waals surface area contributed by atoms with Crippen LogP contribution in [0.4, 0.5) is 0 Å². The van der Waals surface area contributed by atoms with Crippen molar-refractivity contribution < 1.29 is 9.47 Å². The first-order valence-electron chi connectivity index (χ1n) is 6.56. The average molecular weight is 251 g/mol. The maximum Gasteiger partial charge on any atom is 0.123 e. The Kier molecular flexibility index (Phi) is 6.16. The zero-order chi connectivity index (χ0) is 13.5. The van der Waals surface area contributed by atoms with E-state index in [1.54, 1.807) is 7.11 Å². The van der Waals surface area contributed by atoms with Gasteiger partial charge in [0.05, 0.1) is 13.7 Å². The molecule has 2 unspecified atom stereocenters. The summed E-state index contributed by atoms with van der Waals surface area (Å²) in [6, 6.07) is 6.88. The maximum absolute atomic E-state index is 5.44. The lowest BCUT2D eigenvalue weighted by molar-refractivity contribution is 0.124. The molecule has 3 heteroatoms. The predicted octanol–water partition coefficient (Wildman–Crippen LogP) is 3.08. The topological polar surface area (TPSA) is 30.5 Å². The summed E-state index contributed by atoms with van der Waals surface area (Å²) < 4.78 is 10.9. The zero-order valence-corrected chi connectivity index (χ0v) is 12.1. The molecule has 0 bridgehead atoms. The minimum Gasteiger partial charge on any atom is -0.496 e. The Morgan fingerprint density at radius 3 is 2.61 bits per heavy atom. The molecule has 0 heterocycles. The van der Waals surface area contributed by atoms with Crippen LogP contribution in [0.25, 0.3) is 0 Å². The van der Waals surface area contributed by atoms with Crippen LogP contribution in [0.2, 0.25) is 0 Å². The standard InChI is InChI=1S/C15H25NO2/c1-6-18-10-12(3)16-13(4)14-8-7-11(2)9-15(14)17-5/h7-9,12-13,16H,6,10H2,1-5H3. The Labute approximate surface area is 110 Å². The molecule has 0 amide bonds. The van der Waals surface area contributed by atoms with Crippen LogP contribution in [0.5, 0.6) is 5.75 Å². The van der Waals surface area contributed by atoms with Crippen molar-refractivity contribution in [1.29, 1.82) is 0 Å². The van der Waals surface area contributed by atoms with Crippen LogP contribution in [-0.4, -0.2) is 26.4 Å². The van der Waals surface area contributed by atoms with Crippen molar-refractivity contribution >= 4 is 0 Å². The molecule has 1 aromatic rings. The van der Waals surface area contributed by atoms with Crippen LogP contribution in [0.3, 0.4) is 0 Å². The number of benzene rings is 1. The largest absolute Gasteiger partial charge is 0.496 e. The van der Waals surface area contributed by atoms with Crippen LogP contribution in [0, 0.1) is 6.92 Å². The number of rotatable bonds is 7. The third kappa shape index (κ3) is 4.31. The normalized spacial score (nSPS) is 14.3. The molecule has 2 atom stereocenters. The highest BCUT2D eigenvalue weighted by molar-refractivity contribution is 5.39. The summed E-state index contributed by atoms with van der Waals surface area (Å²) in [6.07, 6.45) is 0. The highest BCUT2D eigenvalue weighted by atomic mass is 16.5. The van der Waals surface area contributed by atoms with Gasteiger partial charge < -0.3 is 14.8 Å². The van der Waals surface area contributed by atoms with Gasteiger partial charge in [-0.05, 0) is 39.3 Å². The van der Waals surface area contributed by atoms with Gasteiger partial charge in [-0.3, -0.25) is 0 Å². The van der Waals surface area contributed by atoms with Crippen LogP contribution in [0.15, 0.2) is 18.2 Å². The number of aryl methyl sites for hydroxylation is 1. The van der Waals surface area contributed by atoms with E-state index in [1.807, 2.05) is 6.92 Å². The van der Waals surface area contributed by atoms with E-state index in [-0.39, 0.29) is 6.04 Å². The molecular formula is C15H25NO2. The minimum atomic E-state index is 0.246. The Morgan fingerprint density at radius 1 is 1.28 bits per heavy atom. The van der Waals surface area contributed by atoms with Gasteiger partial charge in [0.1, 0.15) is 5.75 Å². The fraction of sp³-hybridized carbons (Fsp3) is 0.600. The summed E-state index contributed by atoms with van der Waals surface area (Å²) in [7, 11) is 1.72. The Hall–Kier alpha value is -1.06. The van der Waals surface area contributed by atoms with E-state index in [0.717, 1.165) is 19.0 Å². The molecule has 0 saturated heterocycles. The Bertz CT molecular complexity index is 366. The molecule has 1 N–H and O–H groups in total. The van der Waals surface area contributed by atoms with Crippen molar-refractivity contribution in [3.63, 3.8) is 0 Å². The molecule has 1 rings (SSSR count). The van der Waals surface area contributed by atoms with Gasteiger partial charge in [0.25, 0.3) is 0 Å². The molecule has 0 spiro atoms. The summed E-state index contributed by atoms with van der Waals surface area (Å²) >= 11 is 0. The summed E-state index contributed by atoms with van der Waals surface area (Å²) in [5, 5.41) is 3.52. The van der Waals surface area contributed by atoms with Gasteiger partial charge in [-0.25, -0.2) is 0 Å². The molecule has 0 aromatic heterocycles. The summed E-state index contributed by atoms with van der Waals surface area (Å²) in [6.45, 7) is 9.85. The zero-order valence-electron chi connectivity index (χ0n) is 12.1. The molecule has 0 aliphatic rings. The second kappa shape index (κ2) is 7.39. The molecule has 0 aliphatic carbocycles. The SMILES string of the molecule is CCOCC(C)NC(C)c1ccc(C)cc1OC. The fourth-order valence-corrected chi connectivity index (χ4v) is 2.04. The first-order chi connectivity index (χ1) is 8.58. The van der Waals surface area contributed by atoms with E-state index in [2.05, 4.69) is 44.3 Å². The smallest absolute Gasteiger partial charge is 0.123 e. The van der Waals surface area contributed by atoms with Gasteiger partial charge in [-0.2, -0.15) is 0 Å². The second-order valence-corrected chi connectivity index (χ2v) is 4.69. The van der Waals surface area contributed by atoms with Gasteiger partial charge in [-0.1, -0.05) is 12.1 Å². The average Bonchev–Trinajstić information content (AvgIpc) is 2.35. The van der Waals surface area contributed by atoms with Gasteiger partial charge in [0, 0.05) is 24.3 Å². The first-order valence-corrected chi connectivity index (χ1v) is 6.56. The van der Waals surface area contributed by atoms with Crippen molar-refractivity contribution in [2.24, 2.45) is 0 Å². The van der Waals surface area contributed by atoms with E-state index in [4.69, 9.17) is 9.47 Å². The van der Waals surface area contributed by atoms with Crippen molar-refractivity contribution in [2.75, 3.05) is 20.3 Å². The van der Waals surface area contributed by atoms with Gasteiger partial charge in [-0.15, -0.1) is 0 Å². The summed E-state index contributed by atoms with van der Waals surface area (Å²) in [5.41, 5.74) is 2.40. The van der Waals surface area contributed by atoms with Crippen molar-refractivity contribution in [3.05, 3.63) is 29.3 Å². The second-order valence-electron chi connectivity index (χ2n) is 4.69. The Morgan fingerprint density at radius 2 is 2.00 bits per heavy atom. The lowest BCUT2D eigenvalue weighted by Crippen LogP contribution is -2.33. The monoisotopic (exact) mass is 251 g/mol. The van der Waals surface area contributed by atoms with Crippen LogP contribution in [0.1, 0.15) is 37.9 Å². The first kappa shape index (κ1) is 15.0. The molecule has 0 fully saturated rings. The van der Waals surface area contributed by atoms with Gasteiger partial charge >= 0.3 is 0 Å². The molecule has 1 aromatic carbocycles. The number of hydrogen-bond acceptors (Lipinski definition) is 3. The number of ether oxygens (including phenoxy) is 2. The highest BCUT2D eigenvalue weighted by Gasteiger charge is 2.13. The Balaban J connectivity index is 2.68. The maximum atomic E-state index is 5.44. The highest BCUT2D eigenvalue weighted by Crippen LogP contribution is 2.26. The van der Waals surface area contributed by atoms with E-state index in [9.17, 15) is 0 Å². The van der Waals surface area contributed by atoms with Crippen LogP contribution < -0.4 is 10.1 Å². The van der Waals surface area contributed by atoms with Gasteiger partial charge in [0.15, 0.2) is 0 Å². The predicted molar refractivity (Wildman–Crippen MR) is 75.2 cm³/mol. The lowest BCUT2D eigenvalue weighted by Gasteiger charge is -2.22. The third-order valence-corrected chi connectivity index (χ3v) is 2.96. The van der Waals surface area contributed by atoms with E-state index < -0.39 is 0 Å². The molecular weight excluding hydrogens is 226 g/mol. The minimum absolute atomic E-state index is 0.246. The number of hydrogen-bond donors (Lipinski definition) is 1. The lowest BCUT2D eigenvalue weighted by atomic mass is 10.0.